The van der Waals surface area contributed by atoms with Gasteiger partial charge in [0.15, 0.2) is 0 Å². The normalized spacial score (nSPS) is 11.0. The Morgan fingerprint density at radius 2 is 2.20 bits per heavy atom. The van der Waals surface area contributed by atoms with Gasteiger partial charge < -0.3 is 9.84 Å². The molecule has 0 aliphatic carbocycles. The van der Waals surface area contributed by atoms with E-state index in [0.717, 1.165) is 29.3 Å². The molecular formula is C16H21NO2S. The molecule has 0 aliphatic rings. The molecule has 1 aromatic carbocycles. The van der Waals surface area contributed by atoms with E-state index in [-0.39, 0.29) is 6.61 Å². The van der Waals surface area contributed by atoms with Crippen LogP contribution in [0.4, 0.5) is 0 Å². The zero-order valence-corrected chi connectivity index (χ0v) is 12.8. The summed E-state index contributed by atoms with van der Waals surface area (Å²) in [6.07, 6.45) is 1.83. The first-order chi connectivity index (χ1) is 9.69. The average Bonchev–Trinajstić information content (AvgIpc) is 2.92. The Morgan fingerprint density at radius 3 is 2.90 bits per heavy atom. The van der Waals surface area contributed by atoms with E-state index in [9.17, 15) is 0 Å². The van der Waals surface area contributed by atoms with E-state index < -0.39 is 0 Å². The molecule has 1 N–H and O–H groups in total. The van der Waals surface area contributed by atoms with Gasteiger partial charge in [-0.15, -0.1) is 11.3 Å². The smallest absolute Gasteiger partial charge is 0.119 e. The first kappa shape index (κ1) is 15.0. The molecule has 0 radical (unpaired) electrons. The Morgan fingerprint density at radius 1 is 1.35 bits per heavy atom. The van der Waals surface area contributed by atoms with E-state index in [1.807, 2.05) is 17.5 Å². The largest absolute Gasteiger partial charge is 0.494 e. The highest BCUT2D eigenvalue weighted by Crippen LogP contribution is 2.20. The molecule has 1 aromatic heterocycles. The van der Waals surface area contributed by atoms with E-state index in [0.29, 0.717) is 12.5 Å². The molecule has 3 nitrogen and oxygen atoms in total. The number of hydrogen-bond acceptors (Lipinski definition) is 4. The summed E-state index contributed by atoms with van der Waals surface area (Å²) in [5, 5.41) is 11.9. The summed E-state index contributed by atoms with van der Waals surface area (Å²) in [4.78, 5) is 4.32. The van der Waals surface area contributed by atoms with Gasteiger partial charge in [0.2, 0.25) is 0 Å². The number of aromatic nitrogens is 1. The molecule has 0 fully saturated rings. The van der Waals surface area contributed by atoms with Crippen LogP contribution in [0.3, 0.4) is 0 Å². The van der Waals surface area contributed by atoms with Crippen LogP contribution in [-0.2, 0) is 13.0 Å². The van der Waals surface area contributed by atoms with Gasteiger partial charge in [0, 0.05) is 11.8 Å². The van der Waals surface area contributed by atoms with Gasteiger partial charge in [-0.1, -0.05) is 26.0 Å². The van der Waals surface area contributed by atoms with E-state index >= 15 is 0 Å². The predicted molar refractivity (Wildman–Crippen MR) is 82.4 cm³/mol. The number of rotatable bonds is 7. The standard InChI is InChI=1S/C16H21NO2S/c1-12(2)13-5-3-6-15(9-13)19-8-4-7-16-17-14(10-18)11-20-16/h3,5-6,9,11-12,18H,4,7-8,10H2,1-2H3. The van der Waals surface area contributed by atoms with E-state index in [4.69, 9.17) is 9.84 Å². The topological polar surface area (TPSA) is 42.4 Å². The third-order valence-electron chi connectivity index (χ3n) is 3.09. The Balaban J connectivity index is 1.77. The maximum absolute atomic E-state index is 8.96. The molecule has 0 unspecified atom stereocenters. The first-order valence-electron chi connectivity index (χ1n) is 6.96. The summed E-state index contributed by atoms with van der Waals surface area (Å²) in [5.74, 6) is 1.46. The summed E-state index contributed by atoms with van der Waals surface area (Å²) in [7, 11) is 0. The van der Waals surface area contributed by atoms with Crippen molar-refractivity contribution in [2.24, 2.45) is 0 Å². The fourth-order valence-electron chi connectivity index (χ4n) is 1.91. The molecule has 2 rings (SSSR count). The van der Waals surface area contributed by atoms with E-state index in [2.05, 4.69) is 31.0 Å². The van der Waals surface area contributed by atoms with Gasteiger partial charge in [-0.2, -0.15) is 0 Å². The molecule has 0 aliphatic heterocycles. The van der Waals surface area contributed by atoms with E-state index in [1.165, 1.54) is 5.56 Å². The van der Waals surface area contributed by atoms with Gasteiger partial charge in [0.25, 0.3) is 0 Å². The lowest BCUT2D eigenvalue weighted by molar-refractivity contribution is 0.277. The Bertz CT molecular complexity index is 537. The van der Waals surface area contributed by atoms with Gasteiger partial charge in [-0.3, -0.25) is 0 Å². The Kier molecular flexibility index (Phi) is 5.56. The minimum atomic E-state index is 0.0228. The highest BCUT2D eigenvalue weighted by Gasteiger charge is 2.03. The molecule has 108 valence electrons. The first-order valence-corrected chi connectivity index (χ1v) is 7.84. The zero-order chi connectivity index (χ0) is 14.4. The Hall–Kier alpha value is -1.39. The highest BCUT2D eigenvalue weighted by atomic mass is 32.1. The van der Waals surface area contributed by atoms with Crippen LogP contribution in [0.5, 0.6) is 5.75 Å². The number of hydrogen-bond donors (Lipinski definition) is 1. The second-order valence-electron chi connectivity index (χ2n) is 5.07. The van der Waals surface area contributed by atoms with Gasteiger partial charge in [0.1, 0.15) is 5.75 Å². The van der Waals surface area contributed by atoms with Crippen LogP contribution in [-0.4, -0.2) is 16.7 Å². The lowest BCUT2D eigenvalue weighted by atomic mass is 10.0. The fourth-order valence-corrected chi connectivity index (χ4v) is 2.74. The van der Waals surface area contributed by atoms with Crippen LogP contribution < -0.4 is 4.74 Å². The van der Waals surface area contributed by atoms with Crippen LogP contribution in [0.25, 0.3) is 0 Å². The van der Waals surface area contributed by atoms with Crippen molar-refractivity contribution in [2.45, 2.75) is 39.2 Å². The maximum atomic E-state index is 8.96. The minimum absolute atomic E-state index is 0.0228. The molecule has 4 heteroatoms. The summed E-state index contributed by atoms with van der Waals surface area (Å²) in [6, 6.07) is 8.28. The predicted octanol–water partition coefficient (Wildman–Crippen LogP) is 3.77. The third kappa shape index (κ3) is 4.32. The van der Waals surface area contributed by atoms with Crippen LogP contribution in [0, 0.1) is 0 Å². The molecule has 0 bridgehead atoms. The number of ether oxygens (including phenoxy) is 1. The van der Waals surface area contributed by atoms with Gasteiger partial charge >= 0.3 is 0 Å². The zero-order valence-electron chi connectivity index (χ0n) is 12.0. The van der Waals surface area contributed by atoms with Crippen molar-refractivity contribution in [1.29, 1.82) is 0 Å². The second-order valence-corrected chi connectivity index (χ2v) is 6.01. The summed E-state index contributed by atoms with van der Waals surface area (Å²) in [6.45, 7) is 5.07. The van der Waals surface area contributed by atoms with Crippen molar-refractivity contribution in [1.82, 2.24) is 4.98 Å². The van der Waals surface area contributed by atoms with Crippen LogP contribution in [0.1, 0.15) is 42.5 Å². The molecule has 0 saturated heterocycles. The number of aliphatic hydroxyl groups is 1. The maximum Gasteiger partial charge on any atom is 0.119 e. The average molecular weight is 291 g/mol. The Labute approximate surface area is 124 Å². The molecular weight excluding hydrogens is 270 g/mol. The van der Waals surface area contributed by atoms with Crippen LogP contribution in [0.2, 0.25) is 0 Å². The molecule has 20 heavy (non-hydrogen) atoms. The molecule has 1 heterocycles. The monoisotopic (exact) mass is 291 g/mol. The number of aliphatic hydroxyl groups excluding tert-OH is 1. The van der Waals surface area contributed by atoms with Crippen molar-refractivity contribution in [3.05, 3.63) is 45.9 Å². The third-order valence-corrected chi connectivity index (χ3v) is 4.05. The molecule has 0 spiro atoms. The van der Waals surface area contributed by atoms with Gasteiger partial charge in [-0.05, 0) is 30.0 Å². The van der Waals surface area contributed by atoms with Crippen molar-refractivity contribution in [3.8, 4) is 5.75 Å². The van der Waals surface area contributed by atoms with Crippen molar-refractivity contribution in [2.75, 3.05) is 6.61 Å². The summed E-state index contributed by atoms with van der Waals surface area (Å²) >= 11 is 1.60. The number of benzene rings is 1. The van der Waals surface area contributed by atoms with E-state index in [1.54, 1.807) is 11.3 Å². The molecule has 2 aromatic rings. The number of thiazole rings is 1. The quantitative estimate of drug-likeness (QED) is 0.790. The minimum Gasteiger partial charge on any atom is -0.494 e. The molecule has 0 saturated carbocycles. The molecule has 0 atom stereocenters. The summed E-state index contributed by atoms with van der Waals surface area (Å²) in [5.41, 5.74) is 2.06. The van der Waals surface area contributed by atoms with Gasteiger partial charge in [-0.25, -0.2) is 4.98 Å². The van der Waals surface area contributed by atoms with Crippen LogP contribution in [0.15, 0.2) is 29.6 Å². The summed E-state index contributed by atoms with van der Waals surface area (Å²) < 4.78 is 5.78. The highest BCUT2D eigenvalue weighted by molar-refractivity contribution is 7.09. The fraction of sp³-hybridized carbons (Fsp3) is 0.438. The van der Waals surface area contributed by atoms with Crippen LogP contribution >= 0.6 is 11.3 Å². The number of aryl methyl sites for hydroxylation is 1. The van der Waals surface area contributed by atoms with Gasteiger partial charge in [0.05, 0.1) is 23.9 Å². The van der Waals surface area contributed by atoms with Crippen molar-refractivity contribution in [3.63, 3.8) is 0 Å². The lowest BCUT2D eigenvalue weighted by Gasteiger charge is -2.09. The lowest BCUT2D eigenvalue weighted by Crippen LogP contribution is -2.00. The van der Waals surface area contributed by atoms with Crippen molar-refractivity contribution < 1.29 is 9.84 Å². The second kappa shape index (κ2) is 7.41. The SMILES string of the molecule is CC(C)c1cccc(OCCCc2nc(CO)cs2)c1. The number of nitrogens with zero attached hydrogens (tertiary/aromatic N) is 1. The molecule has 0 amide bonds. The van der Waals surface area contributed by atoms with Crippen molar-refractivity contribution >= 4 is 11.3 Å².